The number of carbonyl (C=O) groups excluding carboxylic acids is 3. The van der Waals surface area contributed by atoms with Gasteiger partial charge in [-0.2, -0.15) is 0 Å². The Labute approximate surface area is 192 Å². The van der Waals surface area contributed by atoms with Gasteiger partial charge in [0.15, 0.2) is 0 Å². The van der Waals surface area contributed by atoms with Crippen molar-refractivity contribution in [3.8, 4) is 0 Å². The monoisotopic (exact) mass is 451 g/mol. The third kappa shape index (κ3) is 4.02. The molecule has 2 aromatic rings. The van der Waals surface area contributed by atoms with Crippen LogP contribution >= 0.6 is 11.6 Å². The summed E-state index contributed by atoms with van der Waals surface area (Å²) in [4.78, 5) is 41.7. The highest BCUT2D eigenvalue weighted by Crippen LogP contribution is 2.32. The van der Waals surface area contributed by atoms with E-state index in [0.717, 1.165) is 42.7 Å². The SMILES string of the molecule is CCC1CCCCN1C(=O)c1ccc(NC2=C(Cl)C(=O)N(c3ccccc3C)C2=O)cc1. The zero-order chi connectivity index (χ0) is 22.8. The lowest BCUT2D eigenvalue weighted by atomic mass is 9.99. The Hall–Kier alpha value is -3.12. The summed E-state index contributed by atoms with van der Waals surface area (Å²) >= 11 is 6.23. The lowest BCUT2D eigenvalue weighted by molar-refractivity contribution is -0.120. The van der Waals surface area contributed by atoms with E-state index in [1.54, 1.807) is 36.4 Å². The predicted molar refractivity (Wildman–Crippen MR) is 126 cm³/mol. The van der Waals surface area contributed by atoms with Crippen LogP contribution < -0.4 is 10.2 Å². The number of amides is 3. The van der Waals surface area contributed by atoms with Crippen molar-refractivity contribution in [2.24, 2.45) is 0 Å². The third-order valence-corrected chi connectivity index (χ3v) is 6.49. The molecule has 7 heteroatoms. The number of hydrogen-bond acceptors (Lipinski definition) is 4. The quantitative estimate of drug-likeness (QED) is 0.660. The maximum atomic E-state index is 13.0. The molecule has 3 amide bonds. The smallest absolute Gasteiger partial charge is 0.283 e. The number of anilines is 2. The number of nitrogens with one attached hydrogen (secondary N) is 1. The fourth-order valence-electron chi connectivity index (χ4n) is 4.34. The van der Waals surface area contributed by atoms with E-state index in [4.69, 9.17) is 11.6 Å². The van der Waals surface area contributed by atoms with Crippen LogP contribution in [-0.2, 0) is 9.59 Å². The summed E-state index contributed by atoms with van der Waals surface area (Å²) in [6.45, 7) is 4.72. The van der Waals surface area contributed by atoms with Crippen molar-refractivity contribution in [2.45, 2.75) is 45.6 Å². The molecule has 2 aliphatic rings. The van der Waals surface area contributed by atoms with E-state index >= 15 is 0 Å². The number of rotatable bonds is 5. The number of aryl methyl sites for hydroxylation is 1. The molecule has 166 valence electrons. The van der Waals surface area contributed by atoms with Gasteiger partial charge in [0.05, 0.1) is 5.69 Å². The van der Waals surface area contributed by atoms with E-state index in [2.05, 4.69) is 12.2 Å². The number of imide groups is 1. The van der Waals surface area contributed by atoms with Crippen LogP contribution in [-0.4, -0.2) is 35.2 Å². The van der Waals surface area contributed by atoms with Crippen LogP contribution in [0.5, 0.6) is 0 Å². The summed E-state index contributed by atoms with van der Waals surface area (Å²) in [5.41, 5.74) is 2.51. The van der Waals surface area contributed by atoms with Crippen LogP contribution in [0, 0.1) is 6.92 Å². The van der Waals surface area contributed by atoms with Gasteiger partial charge in [-0.15, -0.1) is 0 Å². The summed E-state index contributed by atoms with van der Waals surface area (Å²) in [7, 11) is 0. The standard InChI is InChI=1S/C25H26ClN3O3/c1-3-19-9-6-7-15-28(19)23(30)17-11-13-18(14-12-17)27-22-21(26)24(31)29(25(22)32)20-10-5-4-8-16(20)2/h4-5,8,10-14,19,27H,3,6-7,9,15H2,1-2H3. The van der Waals surface area contributed by atoms with Crippen LogP contribution in [0.25, 0.3) is 0 Å². The normalized spacial score (nSPS) is 19.0. The number of hydrogen-bond donors (Lipinski definition) is 1. The molecule has 0 aromatic heterocycles. The Morgan fingerprint density at radius 2 is 1.78 bits per heavy atom. The Balaban J connectivity index is 1.51. The molecule has 1 fully saturated rings. The number of benzene rings is 2. The van der Waals surface area contributed by atoms with Crippen molar-refractivity contribution >= 4 is 40.7 Å². The second-order valence-electron chi connectivity index (χ2n) is 8.18. The average molecular weight is 452 g/mol. The van der Waals surface area contributed by atoms with Crippen molar-refractivity contribution in [1.29, 1.82) is 0 Å². The lowest BCUT2D eigenvalue weighted by Gasteiger charge is -2.35. The first-order valence-electron chi connectivity index (χ1n) is 10.9. The van der Waals surface area contributed by atoms with E-state index in [0.29, 0.717) is 16.9 Å². The first kappa shape index (κ1) is 22.1. The molecule has 1 N–H and O–H groups in total. The molecule has 2 aromatic carbocycles. The largest absolute Gasteiger partial charge is 0.350 e. The lowest BCUT2D eigenvalue weighted by Crippen LogP contribution is -2.43. The minimum atomic E-state index is -0.559. The summed E-state index contributed by atoms with van der Waals surface area (Å²) in [6, 6.07) is 14.4. The first-order chi connectivity index (χ1) is 15.4. The summed E-state index contributed by atoms with van der Waals surface area (Å²) in [5, 5.41) is 2.81. The molecule has 6 nitrogen and oxygen atoms in total. The topological polar surface area (TPSA) is 69.7 Å². The predicted octanol–water partition coefficient (Wildman–Crippen LogP) is 4.84. The van der Waals surface area contributed by atoms with Crippen LogP contribution in [0.15, 0.2) is 59.3 Å². The zero-order valence-corrected chi connectivity index (χ0v) is 19.0. The third-order valence-electron chi connectivity index (χ3n) is 6.14. The Morgan fingerprint density at radius 3 is 2.47 bits per heavy atom. The van der Waals surface area contributed by atoms with Gasteiger partial charge in [0.1, 0.15) is 10.7 Å². The average Bonchev–Trinajstić information content (AvgIpc) is 3.02. The van der Waals surface area contributed by atoms with Gasteiger partial charge in [0.25, 0.3) is 17.7 Å². The molecule has 1 unspecified atom stereocenters. The number of piperidine rings is 1. The van der Waals surface area contributed by atoms with Gasteiger partial charge in [-0.25, -0.2) is 4.90 Å². The Morgan fingerprint density at radius 1 is 1.06 bits per heavy atom. The van der Waals surface area contributed by atoms with E-state index in [1.807, 2.05) is 24.0 Å². The summed E-state index contributed by atoms with van der Waals surface area (Å²) in [5.74, 6) is -1.04. The Bertz CT molecular complexity index is 1090. The van der Waals surface area contributed by atoms with Crippen LogP contribution in [0.4, 0.5) is 11.4 Å². The molecule has 2 heterocycles. The molecular formula is C25H26ClN3O3. The van der Waals surface area contributed by atoms with Gasteiger partial charge in [-0.1, -0.05) is 36.7 Å². The highest BCUT2D eigenvalue weighted by molar-refractivity contribution is 6.53. The second kappa shape index (κ2) is 9.17. The highest BCUT2D eigenvalue weighted by Gasteiger charge is 2.39. The molecule has 0 saturated carbocycles. The first-order valence-corrected chi connectivity index (χ1v) is 11.3. The maximum Gasteiger partial charge on any atom is 0.283 e. The minimum absolute atomic E-state index is 0.0261. The molecule has 0 radical (unpaired) electrons. The number of nitrogens with zero attached hydrogens (tertiary/aromatic N) is 2. The molecule has 0 bridgehead atoms. The van der Waals surface area contributed by atoms with E-state index in [9.17, 15) is 14.4 Å². The van der Waals surface area contributed by atoms with Gasteiger partial charge in [0.2, 0.25) is 0 Å². The van der Waals surface area contributed by atoms with Gasteiger partial charge in [-0.3, -0.25) is 14.4 Å². The molecule has 1 atom stereocenters. The van der Waals surface area contributed by atoms with Crippen molar-refractivity contribution in [1.82, 2.24) is 4.90 Å². The van der Waals surface area contributed by atoms with Crippen LogP contribution in [0.3, 0.4) is 0 Å². The zero-order valence-electron chi connectivity index (χ0n) is 18.2. The summed E-state index contributed by atoms with van der Waals surface area (Å²) < 4.78 is 0. The Kier molecular flexibility index (Phi) is 6.33. The van der Waals surface area contributed by atoms with Crippen molar-refractivity contribution in [3.05, 3.63) is 70.4 Å². The van der Waals surface area contributed by atoms with E-state index < -0.39 is 11.8 Å². The number of para-hydroxylation sites is 1. The van der Waals surface area contributed by atoms with E-state index in [-0.39, 0.29) is 22.7 Å². The molecule has 2 aliphatic heterocycles. The van der Waals surface area contributed by atoms with E-state index in [1.165, 1.54) is 0 Å². The van der Waals surface area contributed by atoms with Crippen molar-refractivity contribution in [3.63, 3.8) is 0 Å². The number of carbonyl (C=O) groups is 3. The van der Waals surface area contributed by atoms with Crippen molar-refractivity contribution in [2.75, 3.05) is 16.8 Å². The molecule has 32 heavy (non-hydrogen) atoms. The van der Waals surface area contributed by atoms with Crippen LogP contribution in [0.2, 0.25) is 0 Å². The second-order valence-corrected chi connectivity index (χ2v) is 8.56. The van der Waals surface area contributed by atoms with Crippen molar-refractivity contribution < 1.29 is 14.4 Å². The van der Waals surface area contributed by atoms with Gasteiger partial charge < -0.3 is 10.2 Å². The van der Waals surface area contributed by atoms with Gasteiger partial charge >= 0.3 is 0 Å². The van der Waals surface area contributed by atoms with Gasteiger partial charge in [0, 0.05) is 23.8 Å². The molecular weight excluding hydrogens is 426 g/mol. The molecule has 0 spiro atoms. The minimum Gasteiger partial charge on any atom is -0.350 e. The maximum absolute atomic E-state index is 13.0. The molecule has 1 saturated heterocycles. The van der Waals surface area contributed by atoms with Crippen LogP contribution in [0.1, 0.15) is 48.5 Å². The fraction of sp³-hybridized carbons (Fsp3) is 0.320. The fourth-order valence-corrected chi connectivity index (χ4v) is 4.56. The number of halogens is 1. The summed E-state index contributed by atoms with van der Waals surface area (Å²) in [6.07, 6.45) is 4.18. The highest BCUT2D eigenvalue weighted by atomic mass is 35.5. The molecule has 4 rings (SSSR count). The molecule has 0 aliphatic carbocycles. The van der Waals surface area contributed by atoms with Gasteiger partial charge in [-0.05, 0) is 68.5 Å². The number of likely N-dealkylation sites (tertiary alicyclic amines) is 1.